The van der Waals surface area contributed by atoms with Crippen LogP contribution in [0.25, 0.3) is 0 Å². The second kappa shape index (κ2) is 9.59. The first-order valence-corrected chi connectivity index (χ1v) is 6.22. The van der Waals surface area contributed by atoms with Crippen LogP contribution in [0.4, 0.5) is 0 Å². The van der Waals surface area contributed by atoms with Crippen molar-refractivity contribution < 1.29 is 14.3 Å². The Balaban J connectivity index is 3.45. The van der Waals surface area contributed by atoms with Gasteiger partial charge < -0.3 is 15.4 Å². The summed E-state index contributed by atoms with van der Waals surface area (Å²) < 4.78 is 4.54. The number of alkyl halides is 1. The van der Waals surface area contributed by atoms with Gasteiger partial charge in [0, 0.05) is 26.1 Å². The molecule has 0 fully saturated rings. The van der Waals surface area contributed by atoms with Crippen molar-refractivity contribution in [2.45, 2.75) is 24.6 Å². The average molecular weight is 295 g/mol. The molecule has 0 aromatic heterocycles. The molecule has 0 bridgehead atoms. The molecule has 0 spiro atoms. The highest BCUT2D eigenvalue weighted by atomic mass is 79.9. The molecule has 5 nitrogen and oxygen atoms in total. The second-order valence-corrected chi connectivity index (χ2v) is 4.40. The molecule has 1 atom stereocenters. The lowest BCUT2D eigenvalue weighted by atomic mass is 10.3. The SMILES string of the molecule is CCCNC(=O)CCNCC(Br)C(=O)OC. The molecule has 2 N–H and O–H groups in total. The van der Waals surface area contributed by atoms with E-state index in [1.54, 1.807) is 0 Å². The fraction of sp³-hybridized carbons (Fsp3) is 0.800. The van der Waals surface area contributed by atoms with Crippen LogP contribution < -0.4 is 10.6 Å². The molecule has 0 rings (SSSR count). The lowest BCUT2D eigenvalue weighted by Crippen LogP contribution is -2.33. The molecule has 6 heteroatoms. The highest BCUT2D eigenvalue weighted by molar-refractivity contribution is 9.10. The van der Waals surface area contributed by atoms with Gasteiger partial charge in [0.2, 0.25) is 5.91 Å². The monoisotopic (exact) mass is 294 g/mol. The molecule has 0 heterocycles. The molecule has 0 aromatic carbocycles. The maximum Gasteiger partial charge on any atom is 0.320 e. The summed E-state index contributed by atoms with van der Waals surface area (Å²) in [7, 11) is 1.34. The zero-order valence-corrected chi connectivity index (χ0v) is 11.3. The smallest absolute Gasteiger partial charge is 0.320 e. The van der Waals surface area contributed by atoms with E-state index < -0.39 is 0 Å². The van der Waals surface area contributed by atoms with E-state index in [9.17, 15) is 9.59 Å². The van der Waals surface area contributed by atoms with Crippen molar-refractivity contribution in [2.24, 2.45) is 0 Å². The van der Waals surface area contributed by atoms with Gasteiger partial charge in [-0.1, -0.05) is 22.9 Å². The minimum atomic E-state index is -0.365. The molecule has 0 saturated carbocycles. The zero-order valence-electron chi connectivity index (χ0n) is 9.72. The Morgan fingerprint density at radius 1 is 1.38 bits per heavy atom. The summed E-state index contributed by atoms with van der Waals surface area (Å²) >= 11 is 3.18. The van der Waals surface area contributed by atoms with E-state index in [1.165, 1.54) is 7.11 Å². The van der Waals surface area contributed by atoms with E-state index in [0.717, 1.165) is 6.42 Å². The van der Waals surface area contributed by atoms with E-state index >= 15 is 0 Å². The minimum absolute atomic E-state index is 0.0264. The lowest BCUT2D eigenvalue weighted by Gasteiger charge is -2.09. The Hall–Kier alpha value is -0.620. The third-order valence-electron chi connectivity index (χ3n) is 1.88. The summed E-state index contributed by atoms with van der Waals surface area (Å²) in [5.41, 5.74) is 0. The van der Waals surface area contributed by atoms with Gasteiger partial charge in [-0.3, -0.25) is 9.59 Å². The van der Waals surface area contributed by atoms with Crippen molar-refractivity contribution in [3.63, 3.8) is 0 Å². The van der Waals surface area contributed by atoms with E-state index in [1.807, 2.05) is 6.92 Å². The van der Waals surface area contributed by atoms with Gasteiger partial charge in [-0.15, -0.1) is 0 Å². The predicted molar refractivity (Wildman–Crippen MR) is 65.5 cm³/mol. The van der Waals surface area contributed by atoms with Crippen molar-refractivity contribution in [1.82, 2.24) is 10.6 Å². The van der Waals surface area contributed by atoms with Crippen LogP contribution in [0, 0.1) is 0 Å². The Morgan fingerprint density at radius 3 is 2.62 bits per heavy atom. The molecule has 94 valence electrons. The first-order chi connectivity index (χ1) is 7.61. The molecule has 0 aliphatic rings. The molecule has 0 aliphatic carbocycles. The van der Waals surface area contributed by atoms with Gasteiger partial charge in [-0.2, -0.15) is 0 Å². The highest BCUT2D eigenvalue weighted by Crippen LogP contribution is 1.99. The molecule has 0 aromatic rings. The number of hydrogen-bond acceptors (Lipinski definition) is 4. The maximum absolute atomic E-state index is 11.2. The van der Waals surface area contributed by atoms with Gasteiger partial charge in [0.25, 0.3) is 0 Å². The number of esters is 1. The van der Waals surface area contributed by atoms with Crippen molar-refractivity contribution in [3.8, 4) is 0 Å². The summed E-state index contributed by atoms with van der Waals surface area (Å²) in [5.74, 6) is -0.290. The molecule has 16 heavy (non-hydrogen) atoms. The minimum Gasteiger partial charge on any atom is -0.468 e. The quantitative estimate of drug-likeness (QED) is 0.387. The van der Waals surface area contributed by atoms with Crippen LogP contribution in [0.15, 0.2) is 0 Å². The van der Waals surface area contributed by atoms with Crippen molar-refractivity contribution in [2.75, 3.05) is 26.7 Å². The first-order valence-electron chi connectivity index (χ1n) is 5.31. The van der Waals surface area contributed by atoms with Crippen LogP contribution in [0.5, 0.6) is 0 Å². The number of amides is 1. The van der Waals surface area contributed by atoms with Gasteiger partial charge in [0.15, 0.2) is 0 Å². The largest absolute Gasteiger partial charge is 0.468 e. The number of ether oxygens (including phenoxy) is 1. The zero-order chi connectivity index (χ0) is 12.4. The van der Waals surface area contributed by atoms with Crippen LogP contribution in [-0.2, 0) is 14.3 Å². The summed E-state index contributed by atoms with van der Waals surface area (Å²) in [6.45, 7) is 3.72. The maximum atomic E-state index is 11.2. The number of hydrogen-bond donors (Lipinski definition) is 2. The van der Waals surface area contributed by atoms with Crippen molar-refractivity contribution >= 4 is 27.8 Å². The third-order valence-corrected chi connectivity index (χ3v) is 2.58. The lowest BCUT2D eigenvalue weighted by molar-refractivity contribution is -0.139. The molecular weight excluding hydrogens is 276 g/mol. The van der Waals surface area contributed by atoms with Crippen LogP contribution >= 0.6 is 15.9 Å². The van der Waals surface area contributed by atoms with Gasteiger partial charge in [0.1, 0.15) is 4.83 Å². The molecule has 1 unspecified atom stereocenters. The van der Waals surface area contributed by atoms with E-state index in [-0.39, 0.29) is 16.7 Å². The third kappa shape index (κ3) is 7.64. The van der Waals surface area contributed by atoms with Crippen LogP contribution in [0.3, 0.4) is 0 Å². The molecule has 0 saturated heterocycles. The van der Waals surface area contributed by atoms with E-state index in [0.29, 0.717) is 26.1 Å². The first kappa shape index (κ1) is 15.4. The van der Waals surface area contributed by atoms with Crippen LogP contribution in [-0.4, -0.2) is 43.4 Å². The number of halogens is 1. The summed E-state index contributed by atoms with van der Waals surface area (Å²) in [4.78, 5) is 21.8. The Kier molecular flexibility index (Phi) is 9.22. The van der Waals surface area contributed by atoms with Crippen LogP contribution in [0.2, 0.25) is 0 Å². The Bertz CT molecular complexity index is 224. The molecule has 0 aliphatic heterocycles. The highest BCUT2D eigenvalue weighted by Gasteiger charge is 2.13. The topological polar surface area (TPSA) is 67.4 Å². The van der Waals surface area contributed by atoms with Gasteiger partial charge in [0.05, 0.1) is 7.11 Å². The van der Waals surface area contributed by atoms with Gasteiger partial charge in [-0.25, -0.2) is 0 Å². The standard InChI is InChI=1S/C10H19BrN2O3/c1-3-5-13-9(14)4-6-12-7-8(11)10(15)16-2/h8,12H,3-7H2,1-2H3,(H,13,14). The Morgan fingerprint density at radius 2 is 2.06 bits per heavy atom. The number of methoxy groups -OCH3 is 1. The normalized spacial score (nSPS) is 11.9. The van der Waals surface area contributed by atoms with Crippen LogP contribution in [0.1, 0.15) is 19.8 Å². The molecule has 0 radical (unpaired) electrons. The number of rotatable bonds is 8. The summed E-state index contributed by atoms with van der Waals surface area (Å²) in [6.07, 6.45) is 1.35. The van der Waals surface area contributed by atoms with Gasteiger partial charge in [-0.05, 0) is 6.42 Å². The molecular formula is C10H19BrN2O3. The number of carbonyl (C=O) groups is 2. The number of carbonyl (C=O) groups excluding carboxylic acids is 2. The van der Waals surface area contributed by atoms with E-state index in [2.05, 4.69) is 31.3 Å². The van der Waals surface area contributed by atoms with Gasteiger partial charge >= 0.3 is 5.97 Å². The fourth-order valence-corrected chi connectivity index (χ4v) is 1.41. The summed E-state index contributed by atoms with van der Waals surface area (Å²) in [5, 5.41) is 5.77. The fourth-order valence-electron chi connectivity index (χ4n) is 0.995. The van der Waals surface area contributed by atoms with E-state index in [4.69, 9.17) is 0 Å². The van der Waals surface area contributed by atoms with Crippen molar-refractivity contribution in [3.05, 3.63) is 0 Å². The predicted octanol–water partition coefficient (Wildman–Crippen LogP) is 0.429. The van der Waals surface area contributed by atoms with Crippen molar-refractivity contribution in [1.29, 1.82) is 0 Å². The average Bonchev–Trinajstić information content (AvgIpc) is 2.30. The summed E-state index contributed by atoms with van der Waals surface area (Å²) in [6, 6.07) is 0. The Labute approximate surface area is 104 Å². The second-order valence-electron chi connectivity index (χ2n) is 3.29. The number of nitrogens with one attached hydrogen (secondary N) is 2. The molecule has 1 amide bonds.